The molecule has 29 heavy (non-hydrogen) atoms. The number of carbonyl (C=O) groups excluding carboxylic acids is 2. The summed E-state index contributed by atoms with van der Waals surface area (Å²) in [4.78, 5) is 26.8. The topological polar surface area (TPSA) is 94.2 Å². The maximum absolute atomic E-state index is 14.4. The first kappa shape index (κ1) is 22.4. The van der Waals surface area contributed by atoms with Crippen molar-refractivity contribution in [3.8, 4) is 11.8 Å². The minimum absolute atomic E-state index is 0. The van der Waals surface area contributed by atoms with E-state index in [0.29, 0.717) is 29.1 Å². The molecule has 1 aromatic carbocycles. The van der Waals surface area contributed by atoms with Crippen LogP contribution in [0.3, 0.4) is 0 Å². The van der Waals surface area contributed by atoms with Gasteiger partial charge in [-0.2, -0.15) is 0 Å². The van der Waals surface area contributed by atoms with Gasteiger partial charge in [0.2, 0.25) is 0 Å². The van der Waals surface area contributed by atoms with Crippen LogP contribution in [0.1, 0.15) is 41.0 Å². The highest BCUT2D eigenvalue weighted by Gasteiger charge is 2.28. The van der Waals surface area contributed by atoms with Crippen LogP contribution in [0.4, 0.5) is 10.1 Å². The number of ketones is 1. The molecule has 0 radical (unpaired) electrons. The number of aromatic amines is 1. The molecule has 1 atom stereocenters. The smallest absolute Gasteiger partial charge is 0.256 e. The van der Waals surface area contributed by atoms with E-state index in [0.717, 1.165) is 0 Å². The number of carbonyl (C=O) groups is 2. The van der Waals surface area contributed by atoms with E-state index in [1.165, 1.54) is 19.1 Å². The molecule has 0 saturated carbocycles. The van der Waals surface area contributed by atoms with E-state index >= 15 is 0 Å². The molecule has 1 aromatic heterocycles. The normalized spacial score (nSPS) is 14.5. The average Bonchev–Trinajstić information content (AvgIpc) is 3.22. The van der Waals surface area contributed by atoms with Crippen LogP contribution in [0, 0.1) is 17.7 Å². The number of hydrogen-bond acceptors (Lipinski definition) is 4. The summed E-state index contributed by atoms with van der Waals surface area (Å²) in [5.74, 6) is 4.60. The second-order valence-corrected chi connectivity index (χ2v) is 6.54. The van der Waals surface area contributed by atoms with E-state index in [4.69, 9.17) is 0 Å². The lowest BCUT2D eigenvalue weighted by Crippen LogP contribution is -2.24. The number of hydrogen-bond donors (Lipinski definition) is 4. The number of aromatic nitrogens is 1. The zero-order valence-electron chi connectivity index (χ0n) is 15.9. The first-order valence-electron chi connectivity index (χ1n) is 8.79. The van der Waals surface area contributed by atoms with Gasteiger partial charge in [-0.25, -0.2) is 4.39 Å². The van der Waals surface area contributed by atoms with Crippen molar-refractivity contribution in [2.75, 3.05) is 18.4 Å². The van der Waals surface area contributed by atoms with Gasteiger partial charge in [0.15, 0.2) is 5.78 Å². The zero-order valence-corrected chi connectivity index (χ0v) is 16.7. The van der Waals surface area contributed by atoms with Gasteiger partial charge in [-0.1, -0.05) is 11.8 Å². The third-order valence-corrected chi connectivity index (χ3v) is 4.19. The summed E-state index contributed by atoms with van der Waals surface area (Å²) in [6, 6.07) is 4.39. The fourth-order valence-corrected chi connectivity index (χ4v) is 2.85. The standard InChI is InChI=1S/C21H20FN3O3.ClH/c1-12(26)10-23-7-3-4-16-18(22)5-6-19-20(16)17(21(28)25-19)9-15-8-14(11-24-15)13(2)27;/h5-6,8-9,11-12,23-24,26H,7,10H2,1-2H3,(H,25,28);1H/b17-9-;. The minimum Gasteiger partial charge on any atom is -0.392 e. The molecular formula is C21H21ClFN3O3. The van der Waals surface area contributed by atoms with Gasteiger partial charge in [0.05, 0.1) is 29.5 Å². The van der Waals surface area contributed by atoms with Crippen molar-refractivity contribution >= 4 is 41.4 Å². The molecular weight excluding hydrogens is 397 g/mol. The molecule has 8 heteroatoms. The van der Waals surface area contributed by atoms with Crippen molar-refractivity contribution in [1.82, 2.24) is 10.3 Å². The van der Waals surface area contributed by atoms with Crippen LogP contribution >= 0.6 is 12.4 Å². The highest BCUT2D eigenvalue weighted by atomic mass is 35.5. The van der Waals surface area contributed by atoms with Crippen LogP contribution in [0.15, 0.2) is 24.4 Å². The van der Waals surface area contributed by atoms with E-state index in [-0.39, 0.29) is 41.8 Å². The van der Waals surface area contributed by atoms with Gasteiger partial charge in [-0.3, -0.25) is 9.59 Å². The molecule has 1 aliphatic rings. The Morgan fingerprint density at radius 3 is 2.83 bits per heavy atom. The van der Waals surface area contributed by atoms with E-state index in [2.05, 4.69) is 27.5 Å². The van der Waals surface area contributed by atoms with Crippen LogP contribution in [0.2, 0.25) is 0 Å². The van der Waals surface area contributed by atoms with Crippen molar-refractivity contribution in [3.63, 3.8) is 0 Å². The summed E-state index contributed by atoms with van der Waals surface area (Å²) in [7, 11) is 0. The van der Waals surface area contributed by atoms with Gasteiger partial charge < -0.3 is 20.7 Å². The number of fused-ring (bicyclic) bond motifs is 1. The number of nitrogens with one attached hydrogen (secondary N) is 3. The first-order valence-corrected chi connectivity index (χ1v) is 8.79. The third kappa shape index (κ3) is 5.12. The number of Topliss-reactive ketones (excluding diaryl/α,β-unsaturated/α-hetero) is 1. The fourth-order valence-electron chi connectivity index (χ4n) is 2.85. The van der Waals surface area contributed by atoms with Gasteiger partial charge in [0.25, 0.3) is 5.91 Å². The van der Waals surface area contributed by atoms with Gasteiger partial charge in [-0.05, 0) is 38.1 Å². The van der Waals surface area contributed by atoms with Crippen LogP contribution in [0.25, 0.3) is 11.6 Å². The summed E-state index contributed by atoms with van der Waals surface area (Å²) < 4.78 is 14.4. The number of halogens is 2. The van der Waals surface area contributed by atoms with Gasteiger partial charge in [0.1, 0.15) is 5.82 Å². The molecule has 0 saturated heterocycles. The molecule has 1 unspecified atom stereocenters. The van der Waals surface area contributed by atoms with Crippen molar-refractivity contribution in [1.29, 1.82) is 0 Å². The van der Waals surface area contributed by atoms with Crippen molar-refractivity contribution in [2.24, 2.45) is 0 Å². The van der Waals surface area contributed by atoms with Crippen LogP contribution in [-0.4, -0.2) is 41.0 Å². The quantitative estimate of drug-likeness (QED) is 0.260. The Morgan fingerprint density at radius 1 is 1.41 bits per heavy atom. The predicted molar refractivity (Wildman–Crippen MR) is 112 cm³/mol. The van der Waals surface area contributed by atoms with E-state index < -0.39 is 11.9 Å². The second kappa shape index (κ2) is 9.52. The van der Waals surface area contributed by atoms with Crippen molar-refractivity contribution in [2.45, 2.75) is 20.0 Å². The lowest BCUT2D eigenvalue weighted by atomic mass is 9.99. The number of rotatable bonds is 5. The van der Waals surface area contributed by atoms with E-state index in [1.54, 1.807) is 25.3 Å². The van der Waals surface area contributed by atoms with Gasteiger partial charge >= 0.3 is 0 Å². The summed E-state index contributed by atoms with van der Waals surface area (Å²) >= 11 is 0. The Morgan fingerprint density at radius 2 is 2.17 bits per heavy atom. The number of benzene rings is 1. The Balaban J connectivity index is 0.00000300. The summed E-state index contributed by atoms with van der Waals surface area (Å²) in [6.45, 7) is 3.75. The molecule has 0 fully saturated rings. The van der Waals surface area contributed by atoms with Gasteiger partial charge in [-0.15, -0.1) is 12.4 Å². The third-order valence-electron chi connectivity index (χ3n) is 4.19. The van der Waals surface area contributed by atoms with Crippen LogP contribution in [0.5, 0.6) is 0 Å². The molecule has 2 aromatic rings. The monoisotopic (exact) mass is 417 g/mol. The first-order chi connectivity index (χ1) is 13.4. The van der Waals surface area contributed by atoms with E-state index in [1.807, 2.05) is 0 Å². The maximum Gasteiger partial charge on any atom is 0.256 e. The summed E-state index contributed by atoms with van der Waals surface area (Å²) in [5.41, 5.74) is 2.33. The summed E-state index contributed by atoms with van der Waals surface area (Å²) in [6.07, 6.45) is 2.63. The lowest BCUT2D eigenvalue weighted by molar-refractivity contribution is -0.110. The van der Waals surface area contributed by atoms with Gasteiger partial charge in [0, 0.05) is 29.6 Å². The molecule has 0 aliphatic carbocycles. The highest BCUT2D eigenvalue weighted by molar-refractivity contribution is 6.35. The highest BCUT2D eigenvalue weighted by Crippen LogP contribution is 2.36. The Kier molecular flexibility index (Phi) is 7.35. The fraction of sp³-hybridized carbons (Fsp3) is 0.238. The Hall–Kier alpha value is -2.92. The number of aliphatic hydroxyl groups excluding tert-OH is 1. The van der Waals surface area contributed by atoms with Crippen molar-refractivity contribution < 1.29 is 19.1 Å². The average molecular weight is 418 g/mol. The lowest BCUT2D eigenvalue weighted by Gasteiger charge is -2.04. The van der Waals surface area contributed by atoms with E-state index in [9.17, 15) is 19.1 Å². The Bertz CT molecular complexity index is 1030. The number of H-pyrrole nitrogens is 1. The predicted octanol–water partition coefficient (Wildman–Crippen LogP) is 2.59. The molecule has 3 rings (SSSR count). The molecule has 1 aliphatic heterocycles. The number of amides is 1. The molecule has 6 nitrogen and oxygen atoms in total. The molecule has 152 valence electrons. The SMILES string of the molecule is CC(=O)c1c[nH]c(/C=C2\C(=O)Nc3ccc(F)c(C#CCNCC(C)O)c32)c1.Cl. The van der Waals surface area contributed by atoms with Crippen molar-refractivity contribution in [3.05, 3.63) is 52.6 Å². The molecule has 0 spiro atoms. The van der Waals surface area contributed by atoms with Crippen LogP contribution in [-0.2, 0) is 4.79 Å². The molecule has 4 N–H and O–H groups in total. The molecule has 0 bridgehead atoms. The molecule has 1 amide bonds. The Labute approximate surface area is 174 Å². The zero-order chi connectivity index (χ0) is 20.3. The number of anilines is 1. The minimum atomic E-state index is -0.528. The summed E-state index contributed by atoms with van der Waals surface area (Å²) in [5, 5.41) is 14.9. The molecule has 2 heterocycles. The van der Waals surface area contributed by atoms with Crippen LogP contribution < -0.4 is 10.6 Å². The number of aliphatic hydroxyl groups is 1. The second-order valence-electron chi connectivity index (χ2n) is 6.54. The maximum atomic E-state index is 14.4. The largest absolute Gasteiger partial charge is 0.392 e.